The minimum absolute atomic E-state index is 0.558. The molecule has 0 nitrogen and oxygen atoms in total. The molecule has 0 aliphatic heterocycles. The molecule has 0 unspecified atom stereocenters. The van der Waals surface area contributed by atoms with Crippen LogP contribution in [0.3, 0.4) is 0 Å². The van der Waals surface area contributed by atoms with Crippen molar-refractivity contribution in [3.05, 3.63) is 0 Å². The van der Waals surface area contributed by atoms with Crippen molar-refractivity contribution in [3.8, 4) is 0 Å². The fraction of sp³-hybridized carbons (Fsp3) is 1.00. The second-order valence-corrected chi connectivity index (χ2v) is 6.76. The third-order valence-corrected chi connectivity index (χ3v) is 6.87. The number of hydrogen-bond acceptors (Lipinski definition) is 1. The van der Waals surface area contributed by atoms with E-state index < -0.39 is 0 Å². The molecule has 0 N–H and O–H groups in total. The lowest BCUT2D eigenvalue weighted by Crippen LogP contribution is -2.25. The highest BCUT2D eigenvalue weighted by atomic mass is 79.9. The Morgan fingerprint density at radius 3 is 2.20 bits per heavy atom. The van der Waals surface area contributed by atoms with E-state index in [1.807, 2.05) is 0 Å². The molecule has 1 aliphatic carbocycles. The molecule has 0 heterocycles. The molecule has 0 saturated heterocycles. The summed E-state index contributed by atoms with van der Waals surface area (Å²) in [5.41, 5.74) is 0.558. The van der Waals surface area contributed by atoms with E-state index in [1.165, 1.54) is 56.0 Å². The minimum atomic E-state index is 0.558. The Hall–Kier alpha value is 0.830. The van der Waals surface area contributed by atoms with Gasteiger partial charge < -0.3 is 0 Å². The smallest absolute Gasteiger partial charge is 0.00956 e. The third-order valence-electron chi connectivity index (χ3n) is 3.96. The van der Waals surface area contributed by atoms with Gasteiger partial charge in [-0.15, -0.1) is 0 Å². The average molecular weight is 293 g/mol. The van der Waals surface area contributed by atoms with E-state index in [0.29, 0.717) is 5.41 Å². The fourth-order valence-electron chi connectivity index (χ4n) is 2.21. The molecule has 90 valence electrons. The summed E-state index contributed by atoms with van der Waals surface area (Å²) in [5, 5.41) is 2.14. The van der Waals surface area contributed by atoms with Gasteiger partial charge in [0.2, 0.25) is 0 Å². The number of rotatable bonds is 6. The first-order valence-corrected chi connectivity index (χ1v) is 8.61. The zero-order chi connectivity index (χ0) is 11.1. The largest absolute Gasteiger partial charge is 0.158 e. The topological polar surface area (TPSA) is 0 Å². The van der Waals surface area contributed by atoms with Gasteiger partial charge in [0.15, 0.2) is 0 Å². The van der Waals surface area contributed by atoms with E-state index in [0.717, 1.165) is 5.25 Å². The molecule has 0 aromatic rings. The maximum Gasteiger partial charge on any atom is 0.00956 e. The number of halogens is 1. The second-order valence-electron chi connectivity index (χ2n) is 4.91. The van der Waals surface area contributed by atoms with E-state index in [-0.39, 0.29) is 0 Å². The maximum atomic E-state index is 3.71. The lowest BCUT2D eigenvalue weighted by atomic mass is 9.87. The summed E-state index contributed by atoms with van der Waals surface area (Å²) in [6, 6.07) is 0. The summed E-state index contributed by atoms with van der Waals surface area (Å²) in [6.45, 7) is 4.68. The molecule has 1 fully saturated rings. The third kappa shape index (κ3) is 4.30. The molecule has 0 spiro atoms. The van der Waals surface area contributed by atoms with Crippen LogP contribution in [0.25, 0.3) is 0 Å². The molecule has 1 rings (SSSR count). The van der Waals surface area contributed by atoms with Gasteiger partial charge in [-0.3, -0.25) is 0 Å². The first-order chi connectivity index (χ1) is 7.26. The normalized spacial score (nSPS) is 19.4. The van der Waals surface area contributed by atoms with Gasteiger partial charge in [0.25, 0.3) is 0 Å². The highest BCUT2D eigenvalue weighted by Crippen LogP contribution is 2.37. The summed E-state index contributed by atoms with van der Waals surface area (Å²) in [7, 11) is 0. The van der Waals surface area contributed by atoms with Crippen molar-refractivity contribution in [1.29, 1.82) is 0 Å². The molecule has 1 aliphatic rings. The molecule has 0 radical (unpaired) electrons. The zero-order valence-corrected chi connectivity index (χ0v) is 12.6. The Labute approximate surface area is 108 Å². The van der Waals surface area contributed by atoms with Crippen molar-refractivity contribution < 1.29 is 0 Å². The van der Waals surface area contributed by atoms with Crippen LogP contribution in [0.15, 0.2) is 0 Å². The van der Waals surface area contributed by atoms with Gasteiger partial charge in [-0.05, 0) is 36.9 Å². The van der Waals surface area contributed by atoms with Crippen molar-refractivity contribution in [2.75, 3.05) is 11.1 Å². The second kappa shape index (κ2) is 7.21. The number of thioether (sulfide) groups is 1. The monoisotopic (exact) mass is 292 g/mol. The van der Waals surface area contributed by atoms with E-state index >= 15 is 0 Å². The van der Waals surface area contributed by atoms with Gasteiger partial charge in [0, 0.05) is 10.6 Å². The first-order valence-electron chi connectivity index (χ1n) is 6.44. The average Bonchev–Trinajstić information content (AvgIpc) is 2.33. The molecule has 2 heteroatoms. The Balaban J connectivity index is 2.31. The maximum absolute atomic E-state index is 3.71. The van der Waals surface area contributed by atoms with Crippen LogP contribution in [0.5, 0.6) is 0 Å². The van der Waals surface area contributed by atoms with Gasteiger partial charge in [-0.25, -0.2) is 0 Å². The molecule has 0 aromatic heterocycles. The van der Waals surface area contributed by atoms with Crippen molar-refractivity contribution >= 4 is 27.7 Å². The molecule has 0 aromatic carbocycles. The van der Waals surface area contributed by atoms with Gasteiger partial charge in [0.05, 0.1) is 0 Å². The van der Waals surface area contributed by atoms with E-state index in [2.05, 4.69) is 41.5 Å². The molecule has 0 atom stereocenters. The molecule has 1 saturated carbocycles. The quantitative estimate of drug-likeness (QED) is 0.602. The van der Waals surface area contributed by atoms with Crippen LogP contribution < -0.4 is 0 Å². The summed E-state index contributed by atoms with van der Waals surface area (Å²) in [4.78, 5) is 0. The van der Waals surface area contributed by atoms with Crippen LogP contribution in [0, 0.1) is 5.41 Å². The molecule has 0 bridgehead atoms. The number of hydrogen-bond donors (Lipinski definition) is 0. The SMILES string of the molecule is CCC(CC)(CBr)CSC1CCCCC1. The van der Waals surface area contributed by atoms with Crippen LogP contribution in [0.4, 0.5) is 0 Å². The highest BCUT2D eigenvalue weighted by Gasteiger charge is 2.26. The van der Waals surface area contributed by atoms with Crippen molar-refractivity contribution in [2.45, 2.75) is 64.0 Å². The van der Waals surface area contributed by atoms with Crippen LogP contribution >= 0.6 is 27.7 Å². The lowest BCUT2D eigenvalue weighted by Gasteiger charge is -2.32. The Morgan fingerprint density at radius 1 is 1.13 bits per heavy atom. The molecular weight excluding hydrogens is 268 g/mol. The lowest BCUT2D eigenvalue weighted by molar-refractivity contribution is 0.358. The van der Waals surface area contributed by atoms with Crippen LogP contribution in [0.1, 0.15) is 58.8 Å². The predicted octanol–water partition coefficient (Wildman–Crippen LogP) is 5.25. The van der Waals surface area contributed by atoms with Gasteiger partial charge in [0.1, 0.15) is 0 Å². The molecular formula is C13H25BrS. The summed E-state index contributed by atoms with van der Waals surface area (Å²) in [5.74, 6) is 1.36. The summed E-state index contributed by atoms with van der Waals surface area (Å²) >= 11 is 5.95. The standard InChI is InChI=1S/C13H25BrS/c1-3-13(4-2,10-14)11-15-12-8-6-5-7-9-12/h12H,3-11H2,1-2H3. The van der Waals surface area contributed by atoms with E-state index in [1.54, 1.807) is 0 Å². The van der Waals surface area contributed by atoms with Gasteiger partial charge >= 0.3 is 0 Å². The Bertz CT molecular complexity index is 152. The summed E-state index contributed by atoms with van der Waals surface area (Å²) < 4.78 is 0. The molecule has 0 amide bonds. The van der Waals surface area contributed by atoms with Crippen LogP contribution in [-0.2, 0) is 0 Å². The van der Waals surface area contributed by atoms with Crippen molar-refractivity contribution in [3.63, 3.8) is 0 Å². The zero-order valence-electron chi connectivity index (χ0n) is 10.2. The summed E-state index contributed by atoms with van der Waals surface area (Å²) in [6.07, 6.45) is 9.98. The van der Waals surface area contributed by atoms with E-state index in [4.69, 9.17) is 0 Å². The van der Waals surface area contributed by atoms with Crippen LogP contribution in [0.2, 0.25) is 0 Å². The highest BCUT2D eigenvalue weighted by molar-refractivity contribution is 9.09. The van der Waals surface area contributed by atoms with Crippen molar-refractivity contribution in [2.24, 2.45) is 5.41 Å². The minimum Gasteiger partial charge on any atom is -0.158 e. The fourth-order valence-corrected chi connectivity index (χ4v) is 5.23. The predicted molar refractivity (Wildman–Crippen MR) is 76.1 cm³/mol. The van der Waals surface area contributed by atoms with Crippen LogP contribution in [-0.4, -0.2) is 16.3 Å². The number of alkyl halides is 1. The Kier molecular flexibility index (Phi) is 6.68. The van der Waals surface area contributed by atoms with Gasteiger partial charge in [-0.2, -0.15) is 11.8 Å². The van der Waals surface area contributed by atoms with Crippen molar-refractivity contribution in [1.82, 2.24) is 0 Å². The van der Waals surface area contributed by atoms with Gasteiger partial charge in [-0.1, -0.05) is 49.0 Å². The van der Waals surface area contributed by atoms with E-state index in [9.17, 15) is 0 Å². The Morgan fingerprint density at radius 2 is 1.73 bits per heavy atom. The molecule has 15 heavy (non-hydrogen) atoms. The first kappa shape index (κ1) is 13.9.